The standard InChI is InChI=1S/C25H51NO14/c1-17(29)5-9-38-7-3-2-4-8-39-11-12-40-10-6-26(13-18(30)22(34)24(36)20(32)15-27)14-19(31)23(35)25(37)21(33)16-28/h18-25,27-28,30-37H,2-16H2,1H3/t18-,19-,20+,21+,22+,23+,24+,25+/m0/s1. The molecular weight excluding hydrogens is 538 g/mol. The average molecular weight is 590 g/mol. The molecule has 0 unspecified atom stereocenters. The van der Waals surface area contributed by atoms with E-state index in [0.29, 0.717) is 32.8 Å². The van der Waals surface area contributed by atoms with E-state index in [9.17, 15) is 45.6 Å². The van der Waals surface area contributed by atoms with Gasteiger partial charge in [-0.15, -0.1) is 0 Å². The molecule has 0 saturated heterocycles. The average Bonchev–Trinajstić information content (AvgIpc) is 2.94. The predicted molar refractivity (Wildman–Crippen MR) is 140 cm³/mol. The van der Waals surface area contributed by atoms with E-state index < -0.39 is 62.0 Å². The molecule has 0 spiro atoms. The number of ether oxygens (including phenoxy) is 3. The molecule has 10 N–H and O–H groups in total. The Labute approximate surface area is 235 Å². The Bertz CT molecular complexity index is 588. The van der Waals surface area contributed by atoms with Gasteiger partial charge >= 0.3 is 0 Å². The molecule has 0 aliphatic rings. The summed E-state index contributed by atoms with van der Waals surface area (Å²) in [6, 6.07) is 0. The molecule has 0 rings (SSSR count). The molecule has 0 aromatic carbocycles. The largest absolute Gasteiger partial charge is 0.394 e. The maximum absolute atomic E-state index is 10.8. The van der Waals surface area contributed by atoms with Crippen LogP contribution in [0.25, 0.3) is 0 Å². The quantitative estimate of drug-likeness (QED) is 0.0405. The summed E-state index contributed by atoms with van der Waals surface area (Å²) in [7, 11) is 0. The third-order valence-electron chi connectivity index (χ3n) is 6.14. The topological polar surface area (TPSA) is 250 Å². The van der Waals surface area contributed by atoms with Gasteiger partial charge in [0.15, 0.2) is 0 Å². The van der Waals surface area contributed by atoms with Crippen LogP contribution in [0.4, 0.5) is 0 Å². The van der Waals surface area contributed by atoms with Gasteiger partial charge in [0.25, 0.3) is 0 Å². The summed E-state index contributed by atoms with van der Waals surface area (Å²) in [5.74, 6) is 0.0979. The highest BCUT2D eigenvalue weighted by Crippen LogP contribution is 2.11. The van der Waals surface area contributed by atoms with Crippen molar-refractivity contribution in [3.8, 4) is 0 Å². The maximum Gasteiger partial charge on any atom is 0.132 e. The highest BCUT2D eigenvalue weighted by molar-refractivity contribution is 5.75. The van der Waals surface area contributed by atoms with E-state index in [4.69, 9.17) is 24.4 Å². The zero-order valence-electron chi connectivity index (χ0n) is 23.3. The SMILES string of the molecule is CC(=O)CCOCCCCCOCCOCCN(C[C@H](O)[C@@H](O)[C@H](O)[C@H](O)CO)C[C@H](O)[C@@H](O)[C@H](O)[C@H](O)CO. The van der Waals surface area contributed by atoms with E-state index in [-0.39, 0.29) is 38.6 Å². The minimum absolute atomic E-state index is 0.0640. The minimum atomic E-state index is -1.86. The lowest BCUT2D eigenvalue weighted by atomic mass is 10.0. The molecule has 40 heavy (non-hydrogen) atoms. The molecule has 0 radical (unpaired) electrons. The number of nitrogens with zero attached hydrogens (tertiary/aromatic N) is 1. The Morgan fingerprint density at radius 2 is 0.975 bits per heavy atom. The number of hydrogen-bond acceptors (Lipinski definition) is 15. The van der Waals surface area contributed by atoms with Crippen molar-refractivity contribution < 1.29 is 70.1 Å². The van der Waals surface area contributed by atoms with Crippen LogP contribution in [0.15, 0.2) is 0 Å². The van der Waals surface area contributed by atoms with Crippen LogP contribution >= 0.6 is 0 Å². The molecule has 0 heterocycles. The number of rotatable bonds is 27. The molecule has 0 aliphatic carbocycles. The molecule has 15 nitrogen and oxygen atoms in total. The molecule has 8 atom stereocenters. The van der Waals surface area contributed by atoms with Gasteiger partial charge in [0.05, 0.1) is 51.8 Å². The van der Waals surface area contributed by atoms with Gasteiger partial charge in [-0.1, -0.05) is 0 Å². The molecule has 0 bridgehead atoms. The summed E-state index contributed by atoms with van der Waals surface area (Å²) in [5, 5.41) is 97.4. The van der Waals surface area contributed by atoms with Crippen LogP contribution in [0.5, 0.6) is 0 Å². The zero-order valence-corrected chi connectivity index (χ0v) is 23.3. The second-order valence-electron chi connectivity index (χ2n) is 9.71. The van der Waals surface area contributed by atoms with Gasteiger partial charge in [0, 0.05) is 39.3 Å². The van der Waals surface area contributed by atoms with Crippen LogP contribution in [-0.2, 0) is 19.0 Å². The van der Waals surface area contributed by atoms with Crippen LogP contribution in [-0.4, -0.2) is 183 Å². The van der Waals surface area contributed by atoms with E-state index in [2.05, 4.69) is 0 Å². The lowest BCUT2D eigenvalue weighted by molar-refractivity contribution is -0.131. The number of aliphatic hydroxyl groups excluding tert-OH is 10. The number of Topliss-reactive ketones (excluding diaryl/α,β-unsaturated/α-hetero) is 1. The summed E-state index contributed by atoms with van der Waals surface area (Å²) < 4.78 is 16.3. The summed E-state index contributed by atoms with van der Waals surface area (Å²) in [5.41, 5.74) is 0. The zero-order chi connectivity index (χ0) is 30.5. The number of carbonyl (C=O) groups excluding carboxylic acids is 1. The van der Waals surface area contributed by atoms with E-state index in [1.165, 1.54) is 11.8 Å². The number of ketones is 1. The van der Waals surface area contributed by atoms with Gasteiger partial charge in [0.1, 0.15) is 42.4 Å². The molecule has 15 heteroatoms. The van der Waals surface area contributed by atoms with Gasteiger partial charge < -0.3 is 65.3 Å². The summed E-state index contributed by atoms with van der Waals surface area (Å²) in [6.45, 7) is 1.34. The van der Waals surface area contributed by atoms with Crippen LogP contribution in [0, 0.1) is 0 Å². The van der Waals surface area contributed by atoms with Crippen molar-refractivity contribution in [3.63, 3.8) is 0 Å². The van der Waals surface area contributed by atoms with E-state index in [1.54, 1.807) is 0 Å². The second-order valence-corrected chi connectivity index (χ2v) is 9.71. The third-order valence-corrected chi connectivity index (χ3v) is 6.14. The first-order chi connectivity index (χ1) is 19.0. The summed E-state index contributed by atoms with van der Waals surface area (Å²) >= 11 is 0. The first kappa shape index (κ1) is 39.1. The van der Waals surface area contributed by atoms with Crippen molar-refractivity contribution >= 4 is 5.78 Å². The fraction of sp³-hybridized carbons (Fsp3) is 0.960. The molecule has 0 amide bonds. The van der Waals surface area contributed by atoms with Crippen LogP contribution in [0.3, 0.4) is 0 Å². The van der Waals surface area contributed by atoms with Gasteiger partial charge in [-0.2, -0.15) is 0 Å². The predicted octanol–water partition coefficient (Wildman–Crippen LogP) is -4.64. The normalized spacial score (nSPS) is 18.2. The van der Waals surface area contributed by atoms with Gasteiger partial charge in [-0.25, -0.2) is 0 Å². The Morgan fingerprint density at radius 3 is 1.40 bits per heavy atom. The lowest BCUT2D eigenvalue weighted by Crippen LogP contribution is -2.53. The fourth-order valence-corrected chi connectivity index (χ4v) is 3.55. The van der Waals surface area contributed by atoms with Crippen molar-refractivity contribution in [1.29, 1.82) is 0 Å². The van der Waals surface area contributed by atoms with E-state index in [1.807, 2.05) is 0 Å². The molecule has 0 aliphatic heterocycles. The monoisotopic (exact) mass is 589 g/mol. The fourth-order valence-electron chi connectivity index (χ4n) is 3.55. The minimum Gasteiger partial charge on any atom is -0.394 e. The maximum atomic E-state index is 10.8. The highest BCUT2D eigenvalue weighted by atomic mass is 16.5. The van der Waals surface area contributed by atoms with Crippen molar-refractivity contribution in [2.45, 2.75) is 81.4 Å². The Morgan fingerprint density at radius 1 is 0.575 bits per heavy atom. The Kier molecular flexibility index (Phi) is 23.1. The lowest BCUT2D eigenvalue weighted by Gasteiger charge is -2.33. The molecule has 0 aromatic heterocycles. The number of unbranched alkanes of at least 4 members (excludes halogenated alkanes) is 2. The van der Waals surface area contributed by atoms with E-state index in [0.717, 1.165) is 19.3 Å². The summed E-state index contributed by atoms with van der Waals surface area (Å²) in [4.78, 5) is 12.2. The van der Waals surface area contributed by atoms with Crippen LogP contribution in [0.1, 0.15) is 32.6 Å². The Balaban J connectivity index is 4.53. The molecule has 0 fully saturated rings. The van der Waals surface area contributed by atoms with Crippen molar-refractivity contribution in [1.82, 2.24) is 4.90 Å². The molecule has 240 valence electrons. The van der Waals surface area contributed by atoms with Gasteiger partial charge in [0.2, 0.25) is 0 Å². The second kappa shape index (κ2) is 23.6. The number of aliphatic hydroxyl groups is 10. The Hall–Kier alpha value is -0.890. The smallest absolute Gasteiger partial charge is 0.132 e. The molecule has 0 saturated carbocycles. The number of carbonyl (C=O) groups is 1. The third kappa shape index (κ3) is 17.8. The molecule has 0 aromatic rings. The van der Waals surface area contributed by atoms with Crippen LogP contribution < -0.4 is 0 Å². The van der Waals surface area contributed by atoms with Gasteiger partial charge in [-0.3, -0.25) is 9.69 Å². The van der Waals surface area contributed by atoms with Gasteiger partial charge in [-0.05, 0) is 26.2 Å². The van der Waals surface area contributed by atoms with E-state index >= 15 is 0 Å². The van der Waals surface area contributed by atoms with Crippen LogP contribution in [0.2, 0.25) is 0 Å². The molecular formula is C25H51NO14. The summed E-state index contributed by atoms with van der Waals surface area (Å²) in [6.07, 6.45) is -11.1. The first-order valence-electron chi connectivity index (χ1n) is 13.6. The van der Waals surface area contributed by atoms with Crippen molar-refractivity contribution in [2.24, 2.45) is 0 Å². The highest BCUT2D eigenvalue weighted by Gasteiger charge is 2.34. The van der Waals surface area contributed by atoms with Crippen molar-refractivity contribution in [2.75, 3.05) is 72.5 Å². The number of hydrogen-bond donors (Lipinski definition) is 10. The van der Waals surface area contributed by atoms with Crippen molar-refractivity contribution in [3.05, 3.63) is 0 Å². The first-order valence-corrected chi connectivity index (χ1v) is 13.6.